The van der Waals surface area contributed by atoms with Crippen molar-refractivity contribution >= 4 is 29.5 Å². The maximum Gasteiger partial charge on any atom is 0.408 e. The van der Waals surface area contributed by atoms with Crippen LogP contribution in [-0.2, 0) is 28.7 Å². The molecule has 220 valence electrons. The molecule has 39 heavy (non-hydrogen) atoms. The summed E-state index contributed by atoms with van der Waals surface area (Å²) < 4.78 is 11.4. The lowest BCUT2D eigenvalue weighted by Crippen LogP contribution is -2.60. The number of ketones is 2. The summed E-state index contributed by atoms with van der Waals surface area (Å²) in [6, 6.07) is -2.78. The number of Topliss-reactive ketones (excluding diaryl/α,β-unsaturated/α-hetero) is 2. The molecule has 2 aliphatic heterocycles. The van der Waals surface area contributed by atoms with Crippen LogP contribution in [0, 0.1) is 17.3 Å². The minimum atomic E-state index is -1.05. The van der Waals surface area contributed by atoms with E-state index in [4.69, 9.17) is 9.47 Å². The summed E-state index contributed by atoms with van der Waals surface area (Å²) in [4.78, 5) is 66.6. The van der Waals surface area contributed by atoms with Gasteiger partial charge in [0, 0.05) is 20.1 Å². The zero-order valence-corrected chi connectivity index (χ0v) is 24.6. The molecule has 0 bridgehead atoms. The van der Waals surface area contributed by atoms with Crippen LogP contribution < -0.4 is 10.6 Å². The second-order valence-corrected chi connectivity index (χ2v) is 13.0. The minimum absolute atomic E-state index is 0.0879. The SMILES string of the molecule is CC(=O)C(=O)[C@@H]1CCCCCCCCOC(C)[C@H](NC(=O)OC(C)(C)C)C(=O)N2CC3C([C@H]2C(=O)N1)C3(C)C. The van der Waals surface area contributed by atoms with Crippen LogP contribution in [0.1, 0.15) is 93.4 Å². The molecule has 0 spiro atoms. The second-order valence-electron chi connectivity index (χ2n) is 13.0. The van der Waals surface area contributed by atoms with Gasteiger partial charge in [-0.2, -0.15) is 0 Å². The number of rotatable bonds is 3. The van der Waals surface area contributed by atoms with Gasteiger partial charge in [0.1, 0.15) is 17.7 Å². The van der Waals surface area contributed by atoms with E-state index in [1.165, 1.54) is 11.8 Å². The lowest BCUT2D eigenvalue weighted by atomic mass is 9.97. The molecule has 2 N–H and O–H groups in total. The molecule has 0 radical (unpaired) electrons. The Hall–Kier alpha value is -2.49. The van der Waals surface area contributed by atoms with E-state index in [-0.39, 0.29) is 17.3 Å². The molecule has 3 rings (SSSR count). The molecule has 3 amide bonds. The first-order valence-corrected chi connectivity index (χ1v) is 14.4. The first-order chi connectivity index (χ1) is 18.1. The number of nitrogens with zero attached hydrogens (tertiary/aromatic N) is 1. The number of fused-ring (bicyclic) bond motifs is 3. The van der Waals surface area contributed by atoms with Gasteiger partial charge in [-0.05, 0) is 57.8 Å². The van der Waals surface area contributed by atoms with Gasteiger partial charge >= 0.3 is 6.09 Å². The van der Waals surface area contributed by atoms with Crippen molar-refractivity contribution in [2.75, 3.05) is 13.2 Å². The minimum Gasteiger partial charge on any atom is -0.444 e. The smallest absolute Gasteiger partial charge is 0.408 e. The third-order valence-corrected chi connectivity index (χ3v) is 8.42. The van der Waals surface area contributed by atoms with Crippen LogP contribution in [-0.4, -0.2) is 77.4 Å². The lowest BCUT2D eigenvalue weighted by Gasteiger charge is -2.35. The monoisotopic (exact) mass is 549 g/mol. The van der Waals surface area contributed by atoms with E-state index in [9.17, 15) is 24.0 Å². The number of hydrogen-bond acceptors (Lipinski definition) is 7. The highest BCUT2D eigenvalue weighted by Gasteiger charge is 2.69. The van der Waals surface area contributed by atoms with E-state index in [0.717, 1.165) is 32.1 Å². The first-order valence-electron chi connectivity index (χ1n) is 14.4. The molecule has 1 saturated carbocycles. The Kier molecular flexibility index (Phi) is 9.83. The van der Waals surface area contributed by atoms with Crippen LogP contribution in [0.25, 0.3) is 0 Å². The van der Waals surface area contributed by atoms with Crippen LogP contribution in [0.5, 0.6) is 0 Å². The largest absolute Gasteiger partial charge is 0.444 e. The molecule has 10 nitrogen and oxygen atoms in total. The second kappa shape index (κ2) is 12.4. The topological polar surface area (TPSA) is 131 Å². The predicted octanol–water partition coefficient (Wildman–Crippen LogP) is 3.16. The van der Waals surface area contributed by atoms with E-state index < -0.39 is 59.3 Å². The number of hydrogen-bond donors (Lipinski definition) is 2. The Morgan fingerprint density at radius 1 is 1.05 bits per heavy atom. The molecule has 6 atom stereocenters. The van der Waals surface area contributed by atoms with Gasteiger partial charge < -0.3 is 25.0 Å². The van der Waals surface area contributed by atoms with Gasteiger partial charge in [-0.25, -0.2) is 4.79 Å². The molecular weight excluding hydrogens is 502 g/mol. The Morgan fingerprint density at radius 2 is 1.67 bits per heavy atom. The standard InChI is InChI=1S/C29H47N3O7/c1-17(33)24(34)20-14-12-10-8-9-11-13-15-38-18(2)22(31-27(37)39-28(3,4)5)26(36)32-16-19-21(29(19,6)7)23(32)25(35)30-20/h18-23H,8-16H2,1-7H3,(H,30,35)(H,31,37)/t18?,19?,20-,21?,22-,23-/m0/s1. The number of carbonyl (C=O) groups is 5. The molecule has 0 aromatic carbocycles. The van der Waals surface area contributed by atoms with Crippen molar-refractivity contribution in [3.63, 3.8) is 0 Å². The van der Waals surface area contributed by atoms with E-state index in [0.29, 0.717) is 26.0 Å². The molecule has 3 fully saturated rings. The molecule has 0 aromatic heterocycles. The average Bonchev–Trinajstić information content (AvgIpc) is 3.15. The van der Waals surface area contributed by atoms with Crippen LogP contribution >= 0.6 is 0 Å². The van der Waals surface area contributed by atoms with Crippen molar-refractivity contribution in [1.29, 1.82) is 0 Å². The fraction of sp³-hybridized carbons (Fsp3) is 0.828. The van der Waals surface area contributed by atoms with Crippen LogP contribution in [0.4, 0.5) is 4.79 Å². The fourth-order valence-electron chi connectivity index (χ4n) is 6.10. The summed E-state index contributed by atoms with van der Waals surface area (Å²) in [5.41, 5.74) is -0.901. The van der Waals surface area contributed by atoms with Crippen LogP contribution in [0.2, 0.25) is 0 Å². The summed E-state index contributed by atoms with van der Waals surface area (Å²) in [6.07, 6.45) is 4.32. The van der Waals surface area contributed by atoms with Crippen molar-refractivity contribution in [1.82, 2.24) is 15.5 Å². The van der Waals surface area contributed by atoms with Gasteiger partial charge in [0.25, 0.3) is 0 Å². The maximum atomic E-state index is 14.0. The molecule has 1 aliphatic carbocycles. The Morgan fingerprint density at radius 3 is 2.28 bits per heavy atom. The van der Waals surface area contributed by atoms with Crippen LogP contribution in [0.3, 0.4) is 0 Å². The van der Waals surface area contributed by atoms with Crippen molar-refractivity contribution < 1.29 is 33.4 Å². The van der Waals surface area contributed by atoms with E-state index >= 15 is 0 Å². The van der Waals surface area contributed by atoms with Crippen LogP contribution in [0.15, 0.2) is 0 Å². The highest BCUT2D eigenvalue weighted by Crippen LogP contribution is 2.65. The zero-order valence-electron chi connectivity index (χ0n) is 24.6. The quantitative estimate of drug-likeness (QED) is 0.517. The Balaban J connectivity index is 1.91. The third kappa shape index (κ3) is 7.58. The van der Waals surface area contributed by atoms with Crippen molar-refractivity contribution in [3.05, 3.63) is 0 Å². The van der Waals surface area contributed by atoms with E-state index in [2.05, 4.69) is 24.5 Å². The van der Waals surface area contributed by atoms with Gasteiger partial charge in [0.2, 0.25) is 17.6 Å². The number of ether oxygens (including phenoxy) is 2. The van der Waals surface area contributed by atoms with E-state index in [1.54, 1.807) is 27.7 Å². The molecule has 2 heterocycles. The molecular formula is C29H47N3O7. The summed E-state index contributed by atoms with van der Waals surface area (Å²) in [5, 5.41) is 5.53. The highest BCUT2D eigenvalue weighted by atomic mass is 16.6. The highest BCUT2D eigenvalue weighted by molar-refractivity contribution is 6.38. The fourth-order valence-corrected chi connectivity index (χ4v) is 6.10. The van der Waals surface area contributed by atoms with Gasteiger partial charge in [-0.1, -0.05) is 46.0 Å². The number of amides is 3. The summed E-state index contributed by atoms with van der Waals surface area (Å²) in [7, 11) is 0. The maximum absolute atomic E-state index is 14.0. The summed E-state index contributed by atoms with van der Waals surface area (Å²) >= 11 is 0. The van der Waals surface area contributed by atoms with Gasteiger partial charge in [0.05, 0.1) is 12.1 Å². The van der Waals surface area contributed by atoms with Gasteiger partial charge in [-0.3, -0.25) is 19.2 Å². The number of nitrogens with one attached hydrogen (secondary N) is 2. The predicted molar refractivity (Wildman–Crippen MR) is 145 cm³/mol. The number of carbonyl (C=O) groups excluding carboxylic acids is 5. The number of alkyl carbamates (subject to hydrolysis) is 1. The van der Waals surface area contributed by atoms with E-state index in [1.807, 2.05) is 0 Å². The molecule has 2 saturated heterocycles. The molecule has 3 unspecified atom stereocenters. The summed E-state index contributed by atoms with van der Waals surface area (Å²) in [5.74, 6) is -2.04. The Labute approximate surface area is 232 Å². The average molecular weight is 550 g/mol. The number of piperidine rings is 1. The summed E-state index contributed by atoms with van der Waals surface area (Å²) in [6.45, 7) is 13.1. The first kappa shape index (κ1) is 31.0. The normalized spacial score (nSPS) is 32.2. The van der Waals surface area contributed by atoms with Gasteiger partial charge in [0.15, 0.2) is 5.78 Å². The Bertz CT molecular complexity index is 957. The van der Waals surface area contributed by atoms with Gasteiger partial charge in [-0.15, -0.1) is 0 Å². The lowest BCUT2D eigenvalue weighted by molar-refractivity contribution is -0.145. The molecule has 10 heteroatoms. The van der Waals surface area contributed by atoms with Crippen molar-refractivity contribution in [3.8, 4) is 0 Å². The van der Waals surface area contributed by atoms with Crippen molar-refractivity contribution in [2.45, 2.75) is 123 Å². The zero-order chi connectivity index (χ0) is 29.1. The molecule has 0 aromatic rings. The third-order valence-electron chi connectivity index (χ3n) is 8.42. The molecule has 3 aliphatic rings. The van der Waals surface area contributed by atoms with Crippen molar-refractivity contribution in [2.24, 2.45) is 17.3 Å².